The maximum atomic E-state index is 2.39. The highest BCUT2D eigenvalue weighted by atomic mass is 14.5. The lowest BCUT2D eigenvalue weighted by molar-refractivity contribution is -0.00706. The van der Waals surface area contributed by atoms with Crippen LogP contribution in [0.5, 0.6) is 0 Å². The van der Waals surface area contributed by atoms with Crippen LogP contribution in [0.15, 0.2) is 0 Å². The van der Waals surface area contributed by atoms with E-state index in [9.17, 15) is 0 Å². The average Bonchev–Trinajstić information content (AvgIpc) is 2.17. The zero-order valence-corrected chi connectivity index (χ0v) is 10.8. The molecular weight excluding hydrogens is 180 g/mol. The number of hydrogen-bond donors (Lipinski definition) is 0. The molecule has 0 saturated heterocycles. The van der Waals surface area contributed by atoms with E-state index in [0.29, 0.717) is 0 Å². The van der Waals surface area contributed by atoms with Crippen LogP contribution in [0.25, 0.3) is 0 Å². The van der Waals surface area contributed by atoms with Crippen LogP contribution in [0.2, 0.25) is 0 Å². The first-order valence-corrected chi connectivity index (χ1v) is 7.20. The molecule has 0 N–H and O–H groups in total. The lowest BCUT2D eigenvalue weighted by Gasteiger charge is -2.51. The average molecular weight is 208 g/mol. The van der Waals surface area contributed by atoms with Gasteiger partial charge >= 0.3 is 0 Å². The van der Waals surface area contributed by atoms with Gasteiger partial charge in [0.15, 0.2) is 0 Å². The van der Waals surface area contributed by atoms with Gasteiger partial charge in [0, 0.05) is 0 Å². The third-order valence-corrected chi connectivity index (χ3v) is 4.84. The normalized spacial score (nSPS) is 40.0. The summed E-state index contributed by atoms with van der Waals surface area (Å²) in [5.41, 5.74) is 0. The second kappa shape index (κ2) is 4.89. The van der Waals surface area contributed by atoms with Crippen LogP contribution in [0.4, 0.5) is 0 Å². The molecule has 4 unspecified atom stereocenters. The number of fused-ring (bicyclic) bond motifs is 1. The minimum absolute atomic E-state index is 0.919. The van der Waals surface area contributed by atoms with E-state index in [4.69, 9.17) is 0 Å². The molecule has 0 bridgehead atoms. The molecule has 0 spiro atoms. The van der Waals surface area contributed by atoms with Crippen molar-refractivity contribution in [3.63, 3.8) is 0 Å². The van der Waals surface area contributed by atoms with E-state index in [1.54, 1.807) is 25.7 Å². The zero-order chi connectivity index (χ0) is 10.8. The molecule has 0 aromatic carbocycles. The fraction of sp³-hybridized carbons (Fsp3) is 1.00. The summed E-state index contributed by atoms with van der Waals surface area (Å²) in [5, 5.41) is 0. The van der Waals surface area contributed by atoms with E-state index in [1.807, 2.05) is 0 Å². The van der Waals surface area contributed by atoms with Gasteiger partial charge in [0.2, 0.25) is 0 Å². The molecule has 4 atom stereocenters. The number of rotatable bonds is 4. The first-order valence-electron chi connectivity index (χ1n) is 7.20. The largest absolute Gasteiger partial charge is 0.0654 e. The summed E-state index contributed by atoms with van der Waals surface area (Å²) in [6.45, 7) is 7.12. The molecule has 2 fully saturated rings. The van der Waals surface area contributed by atoms with E-state index in [-0.39, 0.29) is 0 Å². The molecule has 15 heavy (non-hydrogen) atoms. The van der Waals surface area contributed by atoms with Crippen molar-refractivity contribution in [2.45, 2.75) is 65.7 Å². The summed E-state index contributed by atoms with van der Waals surface area (Å²) in [7, 11) is 0. The van der Waals surface area contributed by atoms with Crippen molar-refractivity contribution in [1.82, 2.24) is 0 Å². The Morgan fingerprint density at radius 3 is 2.60 bits per heavy atom. The highest BCUT2D eigenvalue weighted by molar-refractivity contribution is 4.93. The first kappa shape index (κ1) is 11.5. The van der Waals surface area contributed by atoms with Gasteiger partial charge in [-0.15, -0.1) is 0 Å². The highest BCUT2D eigenvalue weighted by Gasteiger charge is 2.43. The lowest BCUT2D eigenvalue weighted by atomic mass is 9.55. The summed E-state index contributed by atoms with van der Waals surface area (Å²) in [6.07, 6.45) is 10.7. The van der Waals surface area contributed by atoms with Crippen LogP contribution in [-0.4, -0.2) is 0 Å². The lowest BCUT2D eigenvalue weighted by Crippen LogP contribution is -2.41. The molecule has 0 heterocycles. The van der Waals surface area contributed by atoms with Crippen molar-refractivity contribution in [2.24, 2.45) is 29.6 Å². The standard InChI is InChI=1S/C15H28/c1-4-5-12-6-7-13-10-14(8-11(2)3)15(13)9-12/h11-15H,4-10H2,1-3H3. The molecule has 0 nitrogen and oxygen atoms in total. The fourth-order valence-electron chi connectivity index (χ4n) is 4.14. The van der Waals surface area contributed by atoms with Gasteiger partial charge in [-0.25, -0.2) is 0 Å². The summed E-state index contributed by atoms with van der Waals surface area (Å²) in [6, 6.07) is 0. The smallest absolute Gasteiger partial charge is 0.0354 e. The molecule has 0 aliphatic heterocycles. The molecule has 0 aromatic rings. The summed E-state index contributed by atoms with van der Waals surface area (Å²) < 4.78 is 0. The molecule has 2 rings (SSSR count). The minimum Gasteiger partial charge on any atom is -0.0654 e. The van der Waals surface area contributed by atoms with Gasteiger partial charge in [0.25, 0.3) is 0 Å². The topological polar surface area (TPSA) is 0 Å². The molecule has 2 saturated carbocycles. The molecule has 2 aliphatic rings. The Hall–Kier alpha value is 0. The van der Waals surface area contributed by atoms with Gasteiger partial charge in [-0.05, 0) is 55.3 Å². The Morgan fingerprint density at radius 2 is 1.93 bits per heavy atom. The van der Waals surface area contributed by atoms with Crippen LogP contribution >= 0.6 is 0 Å². The van der Waals surface area contributed by atoms with Crippen LogP contribution in [0.1, 0.15) is 65.7 Å². The van der Waals surface area contributed by atoms with E-state index in [2.05, 4.69) is 20.8 Å². The first-order chi connectivity index (χ1) is 7.20. The van der Waals surface area contributed by atoms with Gasteiger partial charge in [0.1, 0.15) is 0 Å². The molecule has 0 aromatic heterocycles. The Balaban J connectivity index is 1.80. The van der Waals surface area contributed by atoms with Gasteiger partial charge in [-0.3, -0.25) is 0 Å². The van der Waals surface area contributed by atoms with E-state index >= 15 is 0 Å². The predicted molar refractivity (Wildman–Crippen MR) is 66.8 cm³/mol. The van der Waals surface area contributed by atoms with Crippen LogP contribution < -0.4 is 0 Å². The van der Waals surface area contributed by atoms with E-state index < -0.39 is 0 Å². The van der Waals surface area contributed by atoms with Crippen LogP contribution in [0, 0.1) is 29.6 Å². The van der Waals surface area contributed by atoms with Gasteiger partial charge in [-0.1, -0.05) is 40.0 Å². The number of hydrogen-bond acceptors (Lipinski definition) is 0. The molecule has 0 amide bonds. The molecule has 88 valence electrons. The minimum atomic E-state index is 0.919. The van der Waals surface area contributed by atoms with Gasteiger partial charge in [-0.2, -0.15) is 0 Å². The van der Waals surface area contributed by atoms with Gasteiger partial charge in [0.05, 0.1) is 0 Å². The van der Waals surface area contributed by atoms with Crippen LogP contribution in [-0.2, 0) is 0 Å². The maximum absolute atomic E-state index is 2.39. The predicted octanol–water partition coefficient (Wildman–Crippen LogP) is 4.89. The van der Waals surface area contributed by atoms with Crippen LogP contribution in [0.3, 0.4) is 0 Å². The molecular formula is C15H28. The second-order valence-corrected chi connectivity index (χ2v) is 6.52. The third-order valence-electron chi connectivity index (χ3n) is 4.84. The monoisotopic (exact) mass is 208 g/mol. The maximum Gasteiger partial charge on any atom is -0.0354 e. The summed E-state index contributed by atoms with van der Waals surface area (Å²) >= 11 is 0. The Labute approximate surface area is 95.8 Å². The zero-order valence-electron chi connectivity index (χ0n) is 10.8. The molecule has 2 aliphatic carbocycles. The Morgan fingerprint density at radius 1 is 1.13 bits per heavy atom. The van der Waals surface area contributed by atoms with E-state index in [1.165, 1.54) is 19.3 Å². The van der Waals surface area contributed by atoms with Crippen molar-refractivity contribution in [1.29, 1.82) is 0 Å². The fourth-order valence-corrected chi connectivity index (χ4v) is 4.14. The van der Waals surface area contributed by atoms with Gasteiger partial charge < -0.3 is 0 Å². The highest BCUT2D eigenvalue weighted by Crippen LogP contribution is 2.53. The van der Waals surface area contributed by atoms with Crippen molar-refractivity contribution in [2.75, 3.05) is 0 Å². The third kappa shape index (κ3) is 2.57. The summed E-state index contributed by atoms with van der Waals surface area (Å²) in [5.74, 6) is 5.39. The Bertz CT molecular complexity index is 194. The molecule has 0 heteroatoms. The Kier molecular flexibility index (Phi) is 3.74. The second-order valence-electron chi connectivity index (χ2n) is 6.52. The SMILES string of the molecule is CCCC1CCC2CC(CC(C)C)C2C1. The quantitative estimate of drug-likeness (QED) is 0.617. The van der Waals surface area contributed by atoms with Crippen molar-refractivity contribution < 1.29 is 0 Å². The molecule has 0 radical (unpaired) electrons. The van der Waals surface area contributed by atoms with Crippen molar-refractivity contribution in [3.05, 3.63) is 0 Å². The van der Waals surface area contributed by atoms with Crippen molar-refractivity contribution >= 4 is 0 Å². The van der Waals surface area contributed by atoms with Crippen molar-refractivity contribution in [3.8, 4) is 0 Å². The summed E-state index contributed by atoms with van der Waals surface area (Å²) in [4.78, 5) is 0. The van der Waals surface area contributed by atoms with E-state index in [0.717, 1.165) is 29.6 Å².